The minimum atomic E-state index is -3.39. The van der Waals surface area contributed by atoms with Crippen LogP contribution in [0.2, 0.25) is 0 Å². The van der Waals surface area contributed by atoms with Crippen LogP contribution in [-0.4, -0.2) is 53.8 Å². The first-order chi connectivity index (χ1) is 11.6. The topological polar surface area (TPSA) is 63.7 Å². The van der Waals surface area contributed by atoms with Gasteiger partial charge in [0.25, 0.3) is 0 Å². The molecule has 0 heterocycles. The van der Waals surface area contributed by atoms with E-state index in [9.17, 15) is 13.2 Å². The molecule has 2 aliphatic rings. The zero-order valence-electron chi connectivity index (χ0n) is 15.4. The highest BCUT2D eigenvalue weighted by Gasteiger charge is 2.67. The van der Waals surface area contributed by atoms with Crippen molar-refractivity contribution in [2.45, 2.75) is 57.9 Å². The summed E-state index contributed by atoms with van der Waals surface area (Å²) in [6.07, 6.45) is 2.22. The van der Waals surface area contributed by atoms with Crippen molar-refractivity contribution >= 4 is 47.9 Å². The molecule has 2 saturated carbocycles. The number of rotatable bonds is 8. The third-order valence-electron chi connectivity index (χ3n) is 6.55. The minimum Gasteiger partial charge on any atom is -0.461 e. The molecule has 0 saturated heterocycles. The molecule has 0 N–H and O–H groups in total. The number of carbonyl (C=O) groups excluding carboxylic acids is 1. The summed E-state index contributed by atoms with van der Waals surface area (Å²) in [4.78, 5) is 11.9. The molecule has 25 heavy (non-hydrogen) atoms. The lowest BCUT2D eigenvalue weighted by atomic mass is 9.69. The molecule has 0 spiro atoms. The van der Waals surface area contributed by atoms with Crippen molar-refractivity contribution in [2.75, 3.05) is 24.2 Å². The molecule has 0 radical (unpaired) electrons. The molecular weight excluding hydrogens is 474 g/mol. The van der Waals surface area contributed by atoms with Crippen molar-refractivity contribution in [1.82, 2.24) is 4.31 Å². The molecule has 146 valence electrons. The fraction of sp³-hybridized carbons (Fsp3) is 0.941. The lowest BCUT2D eigenvalue weighted by Crippen LogP contribution is -2.49. The summed E-state index contributed by atoms with van der Waals surface area (Å²) in [6.45, 7) is 8.95. The zero-order chi connectivity index (χ0) is 19.0. The summed E-state index contributed by atoms with van der Waals surface area (Å²) >= 11 is 6.59. The Kier molecular flexibility index (Phi) is 6.72. The minimum absolute atomic E-state index is 0.0599. The smallest absolute Gasteiger partial charge is 0.320 e. The van der Waals surface area contributed by atoms with E-state index >= 15 is 0 Å². The van der Waals surface area contributed by atoms with Crippen molar-refractivity contribution in [1.29, 1.82) is 0 Å². The van der Waals surface area contributed by atoms with Crippen molar-refractivity contribution < 1.29 is 17.9 Å². The van der Waals surface area contributed by atoms with Crippen LogP contribution in [0.25, 0.3) is 0 Å². The molecule has 2 aliphatic carbocycles. The highest BCUT2D eigenvalue weighted by molar-refractivity contribution is 9.12. The molecule has 0 aromatic heterocycles. The maximum atomic E-state index is 13.0. The molecule has 0 aromatic carbocycles. The quantitative estimate of drug-likeness (QED) is 0.376. The van der Waals surface area contributed by atoms with E-state index in [1.807, 2.05) is 13.8 Å². The van der Waals surface area contributed by atoms with Crippen LogP contribution in [0, 0.1) is 16.7 Å². The summed E-state index contributed by atoms with van der Waals surface area (Å²) < 4.78 is 33.4. The van der Waals surface area contributed by atoms with Gasteiger partial charge in [-0.3, -0.25) is 4.79 Å². The first-order valence-electron chi connectivity index (χ1n) is 8.94. The molecule has 2 bridgehead atoms. The average Bonchev–Trinajstić information content (AvgIpc) is 2.88. The fourth-order valence-electron chi connectivity index (χ4n) is 4.82. The second-order valence-corrected chi connectivity index (χ2v) is 11.5. The van der Waals surface area contributed by atoms with Crippen LogP contribution in [0.15, 0.2) is 0 Å². The van der Waals surface area contributed by atoms with Gasteiger partial charge in [-0.2, -0.15) is 0 Å². The summed E-state index contributed by atoms with van der Waals surface area (Å²) in [7, 11) is -3.39. The number of sulfonamides is 1. The first kappa shape index (κ1) is 21.6. The normalized spacial score (nSPS) is 32.1. The highest BCUT2D eigenvalue weighted by Crippen LogP contribution is 2.67. The van der Waals surface area contributed by atoms with Gasteiger partial charge in [0.15, 0.2) is 0 Å². The Bertz CT molecular complexity index is 606. The Morgan fingerprint density at radius 2 is 1.92 bits per heavy atom. The van der Waals surface area contributed by atoms with Crippen LogP contribution in [0.1, 0.15) is 47.0 Å². The fourth-order valence-corrected chi connectivity index (χ4v) is 7.51. The lowest BCUT2D eigenvalue weighted by Gasteiger charge is -2.42. The molecule has 2 fully saturated rings. The van der Waals surface area contributed by atoms with Crippen molar-refractivity contribution in [3.8, 4) is 0 Å². The van der Waals surface area contributed by atoms with Crippen LogP contribution < -0.4 is 0 Å². The van der Waals surface area contributed by atoms with Gasteiger partial charge in [-0.25, -0.2) is 12.7 Å². The molecule has 0 aliphatic heterocycles. The number of esters is 1. The van der Waals surface area contributed by atoms with Crippen LogP contribution in [0.5, 0.6) is 0 Å². The van der Waals surface area contributed by atoms with E-state index in [-0.39, 0.29) is 23.2 Å². The first-order valence-corrected chi connectivity index (χ1v) is 12.6. The Hall–Kier alpha value is 0.340. The van der Waals surface area contributed by atoms with E-state index in [0.29, 0.717) is 24.3 Å². The van der Waals surface area contributed by atoms with E-state index in [2.05, 4.69) is 45.7 Å². The molecule has 8 heteroatoms. The predicted molar refractivity (Wildman–Crippen MR) is 107 cm³/mol. The summed E-state index contributed by atoms with van der Waals surface area (Å²) in [6, 6.07) is 0. The standard InChI is InChI=1S/C17H29Br2NO4S/c1-5-20(6-2)25(22,23)11-17-8-7-12(16(17,3)4)9-14(17)24-15(21)13(19)10-18/h12-14H,5-11H2,1-4H3/t12-,13?,14-,17-/m1/s1. The molecule has 2 rings (SSSR count). The Morgan fingerprint density at radius 3 is 2.40 bits per heavy atom. The maximum absolute atomic E-state index is 13.0. The van der Waals surface area contributed by atoms with Crippen molar-refractivity contribution in [3.05, 3.63) is 0 Å². The number of carbonyl (C=O) groups is 1. The molecule has 5 nitrogen and oxygen atoms in total. The van der Waals surface area contributed by atoms with E-state index in [0.717, 1.165) is 19.3 Å². The second kappa shape index (κ2) is 7.76. The van der Waals surface area contributed by atoms with E-state index < -0.39 is 20.3 Å². The van der Waals surface area contributed by atoms with Gasteiger partial charge < -0.3 is 4.74 Å². The molecule has 4 atom stereocenters. The third-order valence-corrected chi connectivity index (χ3v) is 10.9. The molecule has 0 aromatic rings. The molecule has 0 amide bonds. The van der Waals surface area contributed by atoms with Gasteiger partial charge >= 0.3 is 5.97 Å². The Morgan fingerprint density at radius 1 is 1.32 bits per heavy atom. The van der Waals surface area contributed by atoms with Crippen molar-refractivity contribution in [2.24, 2.45) is 16.7 Å². The summed E-state index contributed by atoms with van der Waals surface area (Å²) in [5, 5.41) is 0.468. The molecular formula is C17H29Br2NO4S. The van der Waals surface area contributed by atoms with Gasteiger partial charge in [0, 0.05) is 23.8 Å². The number of hydrogen-bond acceptors (Lipinski definition) is 4. The number of fused-ring (bicyclic) bond motifs is 2. The van der Waals surface area contributed by atoms with Gasteiger partial charge in [0.05, 0.1) is 5.75 Å². The number of nitrogens with zero attached hydrogens (tertiary/aromatic N) is 1. The Balaban J connectivity index is 2.33. The van der Waals surface area contributed by atoms with E-state index in [1.54, 1.807) is 0 Å². The zero-order valence-corrected chi connectivity index (χ0v) is 19.4. The maximum Gasteiger partial charge on any atom is 0.320 e. The van der Waals surface area contributed by atoms with Crippen molar-refractivity contribution in [3.63, 3.8) is 0 Å². The van der Waals surface area contributed by atoms with Gasteiger partial charge in [0.1, 0.15) is 10.9 Å². The summed E-state index contributed by atoms with van der Waals surface area (Å²) in [5.41, 5.74) is -0.665. The van der Waals surface area contributed by atoms with Gasteiger partial charge in [-0.1, -0.05) is 59.6 Å². The van der Waals surface area contributed by atoms with Gasteiger partial charge in [-0.05, 0) is 30.6 Å². The molecule has 1 unspecified atom stereocenters. The number of halogens is 2. The Labute approximate surface area is 168 Å². The number of ether oxygens (including phenoxy) is 1. The SMILES string of the molecule is CCN(CC)S(=O)(=O)C[C@]12CC[C@H](C[C@H]1OC(=O)C(Br)CBr)C2(C)C. The van der Waals surface area contributed by atoms with Crippen LogP contribution in [0.4, 0.5) is 0 Å². The van der Waals surface area contributed by atoms with E-state index in [4.69, 9.17) is 4.74 Å². The lowest BCUT2D eigenvalue weighted by molar-refractivity contribution is -0.155. The van der Waals surface area contributed by atoms with Gasteiger partial charge in [0.2, 0.25) is 10.0 Å². The second-order valence-electron chi connectivity index (χ2n) is 7.74. The highest BCUT2D eigenvalue weighted by atomic mass is 79.9. The van der Waals surface area contributed by atoms with Crippen LogP contribution in [-0.2, 0) is 19.6 Å². The number of alkyl halides is 2. The monoisotopic (exact) mass is 501 g/mol. The largest absolute Gasteiger partial charge is 0.461 e. The predicted octanol–water partition coefficient (Wildman–Crippen LogP) is 3.55. The van der Waals surface area contributed by atoms with Crippen LogP contribution >= 0.6 is 31.9 Å². The van der Waals surface area contributed by atoms with E-state index in [1.165, 1.54) is 4.31 Å². The summed E-state index contributed by atoms with van der Waals surface area (Å²) in [5.74, 6) is 0.143. The average molecular weight is 503 g/mol. The number of hydrogen-bond donors (Lipinski definition) is 0. The van der Waals surface area contributed by atoms with Gasteiger partial charge in [-0.15, -0.1) is 0 Å². The van der Waals surface area contributed by atoms with Crippen LogP contribution in [0.3, 0.4) is 0 Å². The third kappa shape index (κ3) is 3.69.